The van der Waals surface area contributed by atoms with Gasteiger partial charge in [-0.2, -0.15) is 11.3 Å². The summed E-state index contributed by atoms with van der Waals surface area (Å²) in [6.07, 6.45) is 0. The van der Waals surface area contributed by atoms with Gasteiger partial charge in [-0.15, -0.1) is 0 Å². The fourth-order valence-electron chi connectivity index (χ4n) is 1.55. The van der Waals surface area contributed by atoms with Crippen molar-refractivity contribution in [3.05, 3.63) is 52.2 Å². The molecule has 6 heteroatoms. The second-order valence-electron chi connectivity index (χ2n) is 3.99. The van der Waals surface area contributed by atoms with Crippen LogP contribution in [-0.4, -0.2) is 15.0 Å². The highest BCUT2D eigenvalue weighted by molar-refractivity contribution is 7.89. The van der Waals surface area contributed by atoms with Gasteiger partial charge in [0.15, 0.2) is 0 Å². The molecule has 104 valence electrons. The minimum absolute atomic E-state index is 0.205. The Morgan fingerprint density at radius 1 is 1.30 bits per heavy atom. The monoisotopic (exact) mass is 306 g/mol. The molecule has 0 bridgehead atoms. The quantitative estimate of drug-likeness (QED) is 0.842. The number of nitrogens with one attached hydrogen (secondary N) is 1. The third-order valence-electron chi connectivity index (χ3n) is 2.53. The van der Waals surface area contributed by atoms with Crippen LogP contribution in [0.25, 0.3) is 0 Å². The largest absolute Gasteiger partial charge is 0.320 e. The van der Waals surface area contributed by atoms with E-state index in [2.05, 4.69) is 16.6 Å². The predicted molar refractivity (Wildman–Crippen MR) is 80.7 cm³/mol. The summed E-state index contributed by atoms with van der Waals surface area (Å²) in [5.74, 6) is 5.52. The van der Waals surface area contributed by atoms with Gasteiger partial charge in [-0.3, -0.25) is 0 Å². The van der Waals surface area contributed by atoms with Crippen LogP contribution in [-0.2, 0) is 16.6 Å². The molecule has 0 saturated heterocycles. The second kappa shape index (κ2) is 6.68. The molecule has 0 saturated carbocycles. The maximum absolute atomic E-state index is 12.2. The van der Waals surface area contributed by atoms with E-state index in [1.807, 2.05) is 16.8 Å². The Morgan fingerprint density at radius 3 is 2.85 bits per heavy atom. The summed E-state index contributed by atoms with van der Waals surface area (Å²) in [5, 5.41) is 3.82. The van der Waals surface area contributed by atoms with Crippen molar-refractivity contribution >= 4 is 21.4 Å². The van der Waals surface area contributed by atoms with E-state index in [1.165, 1.54) is 11.3 Å². The topological polar surface area (TPSA) is 72.2 Å². The highest BCUT2D eigenvalue weighted by Crippen LogP contribution is 2.12. The summed E-state index contributed by atoms with van der Waals surface area (Å²) in [7, 11) is -3.53. The van der Waals surface area contributed by atoms with Crippen molar-refractivity contribution in [1.82, 2.24) is 4.72 Å². The van der Waals surface area contributed by atoms with E-state index in [1.54, 1.807) is 24.3 Å². The molecular formula is C14H14N2O2S2. The Labute approximate surface area is 122 Å². The lowest BCUT2D eigenvalue weighted by atomic mass is 10.2. The van der Waals surface area contributed by atoms with E-state index in [0.29, 0.717) is 5.56 Å². The van der Waals surface area contributed by atoms with E-state index >= 15 is 0 Å². The molecule has 0 aliphatic rings. The number of nitrogens with two attached hydrogens (primary N) is 1. The van der Waals surface area contributed by atoms with Crippen molar-refractivity contribution in [1.29, 1.82) is 0 Å². The van der Waals surface area contributed by atoms with Crippen LogP contribution in [0.5, 0.6) is 0 Å². The molecule has 2 rings (SSSR count). The van der Waals surface area contributed by atoms with Gasteiger partial charge in [-0.1, -0.05) is 17.9 Å². The molecule has 1 heterocycles. The van der Waals surface area contributed by atoms with Gasteiger partial charge < -0.3 is 5.73 Å². The van der Waals surface area contributed by atoms with Gasteiger partial charge >= 0.3 is 0 Å². The number of hydrogen-bond donors (Lipinski definition) is 2. The van der Waals surface area contributed by atoms with E-state index in [0.717, 1.165) is 5.56 Å². The molecule has 0 amide bonds. The van der Waals surface area contributed by atoms with E-state index in [9.17, 15) is 8.42 Å². The van der Waals surface area contributed by atoms with Crippen LogP contribution in [0.1, 0.15) is 11.1 Å². The number of thiophene rings is 1. The molecule has 20 heavy (non-hydrogen) atoms. The minimum Gasteiger partial charge on any atom is -0.320 e. The number of sulfonamides is 1. The number of rotatable bonds is 4. The zero-order valence-corrected chi connectivity index (χ0v) is 12.3. The lowest BCUT2D eigenvalue weighted by Gasteiger charge is -2.06. The van der Waals surface area contributed by atoms with E-state index < -0.39 is 10.0 Å². The summed E-state index contributed by atoms with van der Waals surface area (Å²) in [6, 6.07) is 8.39. The first-order chi connectivity index (χ1) is 9.62. The minimum atomic E-state index is -3.53. The van der Waals surface area contributed by atoms with Crippen LogP contribution in [0.4, 0.5) is 0 Å². The Bertz CT molecular complexity index is 726. The molecule has 0 atom stereocenters. The average molecular weight is 306 g/mol. The van der Waals surface area contributed by atoms with Crippen LogP contribution < -0.4 is 10.5 Å². The zero-order valence-electron chi connectivity index (χ0n) is 10.7. The van der Waals surface area contributed by atoms with Crippen LogP contribution >= 0.6 is 11.3 Å². The first-order valence-electron chi connectivity index (χ1n) is 5.91. The maximum atomic E-state index is 12.2. The SMILES string of the molecule is NCC#Cc1cccc(S(=O)(=O)NCc2ccsc2)c1. The first kappa shape index (κ1) is 14.8. The molecule has 0 aliphatic heterocycles. The molecule has 2 aromatic rings. The summed E-state index contributed by atoms with van der Waals surface area (Å²) in [4.78, 5) is 0.205. The summed E-state index contributed by atoms with van der Waals surface area (Å²) < 4.78 is 26.9. The van der Waals surface area contributed by atoms with Crippen LogP contribution in [0.2, 0.25) is 0 Å². The fourth-order valence-corrected chi connectivity index (χ4v) is 3.28. The Hall–Kier alpha value is -1.65. The second-order valence-corrected chi connectivity index (χ2v) is 6.54. The predicted octanol–water partition coefficient (Wildman–Crippen LogP) is 1.54. The molecule has 0 radical (unpaired) electrons. The molecule has 1 aromatic carbocycles. The normalized spacial score (nSPS) is 10.8. The van der Waals surface area contributed by atoms with E-state index in [4.69, 9.17) is 5.73 Å². The first-order valence-corrected chi connectivity index (χ1v) is 8.34. The zero-order chi connectivity index (χ0) is 14.4. The molecule has 1 aromatic heterocycles. The van der Waals surface area contributed by atoms with Gasteiger partial charge in [0.1, 0.15) is 0 Å². The van der Waals surface area contributed by atoms with Crippen molar-refractivity contribution in [3.8, 4) is 11.8 Å². The van der Waals surface area contributed by atoms with Crippen LogP contribution in [0, 0.1) is 11.8 Å². The maximum Gasteiger partial charge on any atom is 0.240 e. The molecule has 4 nitrogen and oxygen atoms in total. The van der Waals surface area contributed by atoms with E-state index in [-0.39, 0.29) is 18.0 Å². The Kier molecular flexibility index (Phi) is 4.93. The Balaban J connectivity index is 2.16. The van der Waals surface area contributed by atoms with Gasteiger partial charge in [-0.05, 0) is 40.6 Å². The fraction of sp³-hybridized carbons (Fsp3) is 0.143. The average Bonchev–Trinajstić information content (AvgIpc) is 2.97. The summed E-state index contributed by atoms with van der Waals surface area (Å²) >= 11 is 1.53. The smallest absolute Gasteiger partial charge is 0.240 e. The third-order valence-corrected chi connectivity index (χ3v) is 4.66. The van der Waals surface area contributed by atoms with Crippen LogP contribution in [0.15, 0.2) is 46.0 Å². The summed E-state index contributed by atoms with van der Waals surface area (Å²) in [6.45, 7) is 0.526. The standard InChI is InChI=1S/C14H14N2O2S2/c15-7-2-4-12-3-1-5-14(9-12)20(17,18)16-10-13-6-8-19-11-13/h1,3,5-6,8-9,11,16H,7,10,15H2. The van der Waals surface area contributed by atoms with Gasteiger partial charge in [-0.25, -0.2) is 13.1 Å². The number of hydrogen-bond acceptors (Lipinski definition) is 4. The van der Waals surface area contributed by atoms with Crippen molar-refractivity contribution in [2.45, 2.75) is 11.4 Å². The highest BCUT2D eigenvalue weighted by Gasteiger charge is 2.13. The number of benzene rings is 1. The lowest BCUT2D eigenvalue weighted by Crippen LogP contribution is -2.23. The van der Waals surface area contributed by atoms with Crippen molar-refractivity contribution in [3.63, 3.8) is 0 Å². The third kappa shape index (κ3) is 3.92. The van der Waals surface area contributed by atoms with Crippen molar-refractivity contribution in [2.75, 3.05) is 6.54 Å². The molecule has 3 N–H and O–H groups in total. The summed E-state index contributed by atoms with van der Waals surface area (Å²) in [5.41, 5.74) is 6.87. The molecular weight excluding hydrogens is 292 g/mol. The molecule has 0 fully saturated rings. The van der Waals surface area contributed by atoms with Gasteiger partial charge in [0.2, 0.25) is 10.0 Å². The molecule has 0 spiro atoms. The molecule has 0 unspecified atom stereocenters. The van der Waals surface area contributed by atoms with Gasteiger partial charge in [0, 0.05) is 12.1 Å². The van der Waals surface area contributed by atoms with Crippen molar-refractivity contribution in [2.24, 2.45) is 5.73 Å². The molecule has 0 aliphatic carbocycles. The van der Waals surface area contributed by atoms with Gasteiger partial charge in [0.25, 0.3) is 0 Å². The van der Waals surface area contributed by atoms with Crippen LogP contribution in [0.3, 0.4) is 0 Å². The Morgan fingerprint density at radius 2 is 2.15 bits per heavy atom. The van der Waals surface area contributed by atoms with Gasteiger partial charge in [0.05, 0.1) is 11.4 Å². The lowest BCUT2D eigenvalue weighted by molar-refractivity contribution is 0.581. The van der Waals surface area contributed by atoms with Crippen molar-refractivity contribution < 1.29 is 8.42 Å². The highest BCUT2D eigenvalue weighted by atomic mass is 32.2.